The normalized spacial score (nSPS) is 41.9. The molecule has 1 spiro atoms. The molecular formula is C11H18O. The highest BCUT2D eigenvalue weighted by Crippen LogP contribution is 2.41. The molecule has 2 atom stereocenters. The summed E-state index contributed by atoms with van der Waals surface area (Å²) in [5.74, 6) is 0.878. The Morgan fingerprint density at radius 3 is 3.00 bits per heavy atom. The van der Waals surface area contributed by atoms with E-state index in [1.165, 1.54) is 32.1 Å². The molecule has 0 unspecified atom stereocenters. The van der Waals surface area contributed by atoms with E-state index in [1.54, 1.807) is 0 Å². The van der Waals surface area contributed by atoms with Gasteiger partial charge in [-0.3, -0.25) is 0 Å². The van der Waals surface area contributed by atoms with E-state index in [1.807, 2.05) is 0 Å². The lowest BCUT2D eigenvalue weighted by atomic mass is 9.95. The van der Waals surface area contributed by atoms with Crippen LogP contribution in [-0.2, 0) is 4.74 Å². The minimum atomic E-state index is 0.267. The highest BCUT2D eigenvalue weighted by Gasteiger charge is 2.37. The third-order valence-electron chi connectivity index (χ3n) is 3.23. The third-order valence-corrected chi connectivity index (χ3v) is 3.23. The summed E-state index contributed by atoms with van der Waals surface area (Å²) in [6.07, 6.45) is 10.8. The van der Waals surface area contributed by atoms with Gasteiger partial charge in [0.2, 0.25) is 0 Å². The Labute approximate surface area is 74.8 Å². The number of hydrogen-bond donors (Lipinski definition) is 0. The molecule has 0 bridgehead atoms. The van der Waals surface area contributed by atoms with Gasteiger partial charge in [0, 0.05) is 0 Å². The molecular weight excluding hydrogens is 148 g/mol. The van der Waals surface area contributed by atoms with Crippen LogP contribution in [0.1, 0.15) is 39.0 Å². The average molecular weight is 166 g/mol. The quantitative estimate of drug-likeness (QED) is 0.503. The first-order chi connectivity index (χ1) is 5.81. The second-order valence-corrected chi connectivity index (χ2v) is 4.35. The molecule has 68 valence electrons. The summed E-state index contributed by atoms with van der Waals surface area (Å²) in [6, 6.07) is 0. The first-order valence-corrected chi connectivity index (χ1v) is 5.10. The van der Waals surface area contributed by atoms with Gasteiger partial charge in [0.15, 0.2) is 0 Å². The van der Waals surface area contributed by atoms with E-state index in [2.05, 4.69) is 19.1 Å². The Kier molecular flexibility index (Phi) is 2.22. The zero-order valence-electron chi connectivity index (χ0n) is 7.88. The summed E-state index contributed by atoms with van der Waals surface area (Å²) in [5.41, 5.74) is 0.267. The molecule has 0 N–H and O–H groups in total. The van der Waals surface area contributed by atoms with Gasteiger partial charge < -0.3 is 4.74 Å². The molecule has 0 aromatic rings. The van der Waals surface area contributed by atoms with Crippen LogP contribution >= 0.6 is 0 Å². The van der Waals surface area contributed by atoms with Gasteiger partial charge in [-0.25, -0.2) is 0 Å². The number of ether oxygens (including phenoxy) is 1. The molecule has 1 fully saturated rings. The van der Waals surface area contributed by atoms with E-state index in [0.29, 0.717) is 0 Å². The second kappa shape index (κ2) is 3.21. The Hall–Kier alpha value is -0.300. The fraction of sp³-hybridized carbons (Fsp3) is 0.818. The van der Waals surface area contributed by atoms with Crippen LogP contribution in [0.15, 0.2) is 12.2 Å². The molecule has 2 rings (SSSR count). The van der Waals surface area contributed by atoms with Crippen molar-refractivity contribution >= 4 is 0 Å². The molecule has 0 radical (unpaired) electrons. The van der Waals surface area contributed by atoms with Crippen molar-refractivity contribution in [2.24, 2.45) is 5.92 Å². The van der Waals surface area contributed by atoms with Crippen LogP contribution < -0.4 is 0 Å². The fourth-order valence-electron chi connectivity index (χ4n) is 2.54. The molecule has 1 aliphatic heterocycles. The van der Waals surface area contributed by atoms with E-state index in [-0.39, 0.29) is 5.60 Å². The SMILES string of the molecule is C[C@@H]1CC[C@@]2(CCC=CCO2)C1. The molecule has 2 aliphatic rings. The molecule has 0 aromatic heterocycles. The highest BCUT2D eigenvalue weighted by molar-refractivity contribution is 4.96. The molecule has 1 nitrogen and oxygen atoms in total. The minimum Gasteiger partial charge on any atom is -0.371 e. The summed E-state index contributed by atoms with van der Waals surface area (Å²) >= 11 is 0. The zero-order chi connectivity index (χ0) is 8.44. The van der Waals surface area contributed by atoms with Crippen molar-refractivity contribution in [3.05, 3.63) is 12.2 Å². The first kappa shape index (κ1) is 8.31. The van der Waals surface area contributed by atoms with Crippen LogP contribution in [0.25, 0.3) is 0 Å². The topological polar surface area (TPSA) is 9.23 Å². The smallest absolute Gasteiger partial charge is 0.0692 e. The highest BCUT2D eigenvalue weighted by atomic mass is 16.5. The summed E-state index contributed by atoms with van der Waals surface area (Å²) < 4.78 is 5.94. The van der Waals surface area contributed by atoms with Gasteiger partial charge >= 0.3 is 0 Å². The van der Waals surface area contributed by atoms with Crippen LogP contribution in [0.2, 0.25) is 0 Å². The largest absolute Gasteiger partial charge is 0.371 e. The maximum atomic E-state index is 5.94. The van der Waals surface area contributed by atoms with Gasteiger partial charge in [-0.15, -0.1) is 0 Å². The molecule has 1 heteroatoms. The van der Waals surface area contributed by atoms with Crippen LogP contribution in [-0.4, -0.2) is 12.2 Å². The Balaban J connectivity index is 2.01. The molecule has 12 heavy (non-hydrogen) atoms. The lowest BCUT2D eigenvalue weighted by Crippen LogP contribution is -2.28. The van der Waals surface area contributed by atoms with E-state index in [9.17, 15) is 0 Å². The average Bonchev–Trinajstić information content (AvgIpc) is 2.30. The van der Waals surface area contributed by atoms with Crippen molar-refractivity contribution in [1.82, 2.24) is 0 Å². The van der Waals surface area contributed by atoms with Gasteiger partial charge in [0.25, 0.3) is 0 Å². The lowest BCUT2D eigenvalue weighted by Gasteiger charge is -2.27. The van der Waals surface area contributed by atoms with Crippen LogP contribution in [0.3, 0.4) is 0 Å². The van der Waals surface area contributed by atoms with Crippen molar-refractivity contribution in [3.63, 3.8) is 0 Å². The number of rotatable bonds is 0. The van der Waals surface area contributed by atoms with Crippen molar-refractivity contribution in [2.75, 3.05) is 6.61 Å². The second-order valence-electron chi connectivity index (χ2n) is 4.35. The van der Waals surface area contributed by atoms with Crippen LogP contribution in [0.4, 0.5) is 0 Å². The fourth-order valence-corrected chi connectivity index (χ4v) is 2.54. The monoisotopic (exact) mass is 166 g/mol. The van der Waals surface area contributed by atoms with Crippen LogP contribution in [0, 0.1) is 5.92 Å². The Morgan fingerprint density at radius 1 is 1.33 bits per heavy atom. The standard InChI is InChI=1S/C11H18O/c1-10-5-7-11(9-10)6-3-2-4-8-12-11/h2,4,10H,3,5-9H2,1H3/t10-,11+/m1/s1. The minimum absolute atomic E-state index is 0.267. The molecule has 0 aromatic carbocycles. The first-order valence-electron chi connectivity index (χ1n) is 5.10. The van der Waals surface area contributed by atoms with Crippen molar-refractivity contribution in [3.8, 4) is 0 Å². The third kappa shape index (κ3) is 1.56. The predicted molar refractivity (Wildman–Crippen MR) is 50.1 cm³/mol. The summed E-state index contributed by atoms with van der Waals surface area (Å²) in [7, 11) is 0. The van der Waals surface area contributed by atoms with Gasteiger partial charge in [-0.1, -0.05) is 19.1 Å². The number of hydrogen-bond acceptors (Lipinski definition) is 1. The summed E-state index contributed by atoms with van der Waals surface area (Å²) in [4.78, 5) is 0. The molecule has 1 saturated carbocycles. The van der Waals surface area contributed by atoms with Crippen LogP contribution in [0.5, 0.6) is 0 Å². The lowest BCUT2D eigenvalue weighted by molar-refractivity contribution is -0.0303. The summed E-state index contributed by atoms with van der Waals surface area (Å²) in [5, 5.41) is 0. The molecule has 1 aliphatic carbocycles. The van der Waals surface area contributed by atoms with Gasteiger partial charge in [0.05, 0.1) is 12.2 Å². The van der Waals surface area contributed by atoms with Gasteiger partial charge in [-0.05, 0) is 38.0 Å². The Bertz CT molecular complexity index is 173. The van der Waals surface area contributed by atoms with E-state index >= 15 is 0 Å². The van der Waals surface area contributed by atoms with E-state index in [4.69, 9.17) is 4.74 Å². The van der Waals surface area contributed by atoms with Crippen molar-refractivity contribution in [2.45, 2.75) is 44.6 Å². The van der Waals surface area contributed by atoms with Crippen molar-refractivity contribution in [1.29, 1.82) is 0 Å². The predicted octanol–water partition coefficient (Wildman–Crippen LogP) is 2.91. The molecule has 0 saturated heterocycles. The van der Waals surface area contributed by atoms with Gasteiger partial charge in [0.1, 0.15) is 0 Å². The van der Waals surface area contributed by atoms with E-state index < -0.39 is 0 Å². The van der Waals surface area contributed by atoms with Crippen molar-refractivity contribution < 1.29 is 4.74 Å². The summed E-state index contributed by atoms with van der Waals surface area (Å²) in [6.45, 7) is 3.18. The van der Waals surface area contributed by atoms with E-state index in [0.717, 1.165) is 12.5 Å². The maximum absolute atomic E-state index is 5.94. The maximum Gasteiger partial charge on any atom is 0.0692 e. The Morgan fingerprint density at radius 2 is 2.25 bits per heavy atom. The molecule has 0 amide bonds. The molecule has 1 heterocycles. The zero-order valence-corrected chi connectivity index (χ0v) is 7.88. The van der Waals surface area contributed by atoms with Gasteiger partial charge in [-0.2, -0.15) is 0 Å². The number of allylic oxidation sites excluding steroid dienone is 1.